The van der Waals surface area contributed by atoms with Gasteiger partial charge in [-0.05, 0) is 27.7 Å². The van der Waals surface area contributed by atoms with Crippen molar-refractivity contribution >= 4 is 12.1 Å². The summed E-state index contributed by atoms with van der Waals surface area (Å²) >= 11 is 0. The molecule has 0 aliphatic rings. The minimum atomic E-state index is -1.04. The van der Waals surface area contributed by atoms with Crippen LogP contribution >= 0.6 is 0 Å². The molecule has 0 aromatic rings. The van der Waals surface area contributed by atoms with E-state index in [4.69, 9.17) is 9.84 Å². The van der Waals surface area contributed by atoms with Gasteiger partial charge in [-0.3, -0.25) is 9.69 Å². The lowest BCUT2D eigenvalue weighted by atomic mass is 10.3. The molecule has 0 aliphatic carbocycles. The molecule has 0 fully saturated rings. The van der Waals surface area contributed by atoms with Gasteiger partial charge in [-0.15, -0.1) is 0 Å². The Morgan fingerprint density at radius 3 is 2.07 bits per heavy atom. The average Bonchev–Trinajstić information content (AvgIpc) is 1.97. The minimum Gasteiger partial charge on any atom is -0.480 e. The van der Waals surface area contributed by atoms with Crippen LogP contribution < -0.4 is 0 Å². The van der Waals surface area contributed by atoms with Crippen LogP contribution in [0.5, 0.6) is 0 Å². The van der Waals surface area contributed by atoms with E-state index in [2.05, 4.69) is 0 Å². The number of nitrogens with zero attached hydrogens (tertiary/aromatic N) is 1. The third kappa shape index (κ3) is 4.69. The molecule has 0 spiro atoms. The van der Waals surface area contributed by atoms with Crippen molar-refractivity contribution in [3.63, 3.8) is 0 Å². The lowest BCUT2D eigenvalue weighted by Gasteiger charge is -2.24. The van der Waals surface area contributed by atoms with Crippen LogP contribution in [0, 0.1) is 0 Å². The van der Waals surface area contributed by atoms with Crippen molar-refractivity contribution in [2.24, 2.45) is 0 Å². The minimum absolute atomic E-state index is 0.183. The van der Waals surface area contributed by atoms with E-state index in [1.807, 2.05) is 0 Å². The van der Waals surface area contributed by atoms with Gasteiger partial charge in [-0.25, -0.2) is 4.79 Å². The van der Waals surface area contributed by atoms with Crippen LogP contribution in [0.4, 0.5) is 4.79 Å². The molecule has 5 heteroatoms. The summed E-state index contributed by atoms with van der Waals surface area (Å²) in [4.78, 5) is 23.0. The molecule has 14 heavy (non-hydrogen) atoms. The fraction of sp³-hybridized carbons (Fsp3) is 0.778. The van der Waals surface area contributed by atoms with Crippen molar-refractivity contribution in [1.29, 1.82) is 0 Å². The van der Waals surface area contributed by atoms with Crippen LogP contribution in [0.2, 0.25) is 0 Å². The van der Waals surface area contributed by atoms with Gasteiger partial charge in [-0.2, -0.15) is 0 Å². The molecular weight excluding hydrogens is 186 g/mol. The topological polar surface area (TPSA) is 66.8 Å². The van der Waals surface area contributed by atoms with Crippen molar-refractivity contribution in [3.05, 3.63) is 0 Å². The van der Waals surface area contributed by atoms with Gasteiger partial charge in [0, 0.05) is 6.04 Å². The van der Waals surface area contributed by atoms with Crippen LogP contribution in [-0.2, 0) is 9.53 Å². The molecular formula is C9H17NO4. The molecule has 0 bridgehead atoms. The zero-order valence-electron chi connectivity index (χ0n) is 8.98. The second-order valence-corrected chi connectivity index (χ2v) is 3.55. The van der Waals surface area contributed by atoms with Crippen molar-refractivity contribution in [2.75, 3.05) is 6.54 Å². The maximum absolute atomic E-state index is 11.4. The fourth-order valence-corrected chi connectivity index (χ4v) is 0.873. The Hall–Kier alpha value is -1.26. The number of hydrogen-bond donors (Lipinski definition) is 1. The third-order valence-corrected chi connectivity index (χ3v) is 1.50. The predicted molar refractivity (Wildman–Crippen MR) is 51.1 cm³/mol. The highest BCUT2D eigenvalue weighted by atomic mass is 16.6. The Labute approximate surface area is 83.6 Å². The molecule has 5 nitrogen and oxygen atoms in total. The Bertz CT molecular complexity index is 213. The lowest BCUT2D eigenvalue weighted by molar-refractivity contribution is -0.138. The molecule has 1 amide bonds. The summed E-state index contributed by atoms with van der Waals surface area (Å²) in [5.74, 6) is -1.04. The first kappa shape index (κ1) is 12.7. The summed E-state index contributed by atoms with van der Waals surface area (Å²) in [6, 6.07) is -0.183. The van der Waals surface area contributed by atoms with E-state index in [1.54, 1.807) is 27.7 Å². The Balaban J connectivity index is 4.33. The Morgan fingerprint density at radius 1 is 1.29 bits per heavy atom. The number of carboxylic acid groups (broad SMARTS) is 1. The number of carboxylic acids is 1. The standard InChI is InChI=1S/C9H17NO4/c1-6(2)10(5-8(11)12)9(13)14-7(3)4/h6-7H,5H2,1-4H3,(H,11,12). The summed E-state index contributed by atoms with van der Waals surface area (Å²) in [6.45, 7) is 6.59. The molecule has 0 rings (SSSR count). The molecule has 0 saturated heterocycles. The zero-order valence-corrected chi connectivity index (χ0v) is 8.98. The molecule has 82 valence electrons. The zero-order chi connectivity index (χ0) is 11.3. The number of ether oxygens (including phenoxy) is 1. The molecule has 0 radical (unpaired) electrons. The highest BCUT2D eigenvalue weighted by molar-refractivity contribution is 5.77. The molecule has 1 N–H and O–H groups in total. The molecule has 0 aromatic carbocycles. The SMILES string of the molecule is CC(C)OC(=O)N(CC(=O)O)C(C)C. The highest BCUT2D eigenvalue weighted by Gasteiger charge is 2.21. The van der Waals surface area contributed by atoms with Gasteiger partial charge in [-0.1, -0.05) is 0 Å². The van der Waals surface area contributed by atoms with Gasteiger partial charge in [0.1, 0.15) is 6.54 Å². The average molecular weight is 203 g/mol. The molecule has 0 aromatic heterocycles. The molecule has 0 aliphatic heterocycles. The Morgan fingerprint density at radius 2 is 1.79 bits per heavy atom. The number of amides is 1. The van der Waals surface area contributed by atoms with E-state index in [9.17, 15) is 9.59 Å². The van der Waals surface area contributed by atoms with Crippen molar-refractivity contribution in [2.45, 2.75) is 39.8 Å². The molecule has 0 unspecified atom stereocenters. The van der Waals surface area contributed by atoms with Crippen LogP contribution in [0.15, 0.2) is 0 Å². The first-order chi connectivity index (χ1) is 6.34. The van der Waals surface area contributed by atoms with E-state index in [0.717, 1.165) is 0 Å². The van der Waals surface area contributed by atoms with Gasteiger partial charge in [0.05, 0.1) is 6.10 Å². The quantitative estimate of drug-likeness (QED) is 0.748. The lowest BCUT2D eigenvalue weighted by Crippen LogP contribution is -2.41. The second kappa shape index (κ2) is 5.47. The van der Waals surface area contributed by atoms with E-state index >= 15 is 0 Å². The largest absolute Gasteiger partial charge is 0.480 e. The van der Waals surface area contributed by atoms with Crippen molar-refractivity contribution in [3.8, 4) is 0 Å². The number of aliphatic carboxylic acids is 1. The maximum atomic E-state index is 11.4. The van der Waals surface area contributed by atoms with Gasteiger partial charge in [0.25, 0.3) is 0 Å². The van der Waals surface area contributed by atoms with Gasteiger partial charge in [0.15, 0.2) is 0 Å². The van der Waals surface area contributed by atoms with Crippen LogP contribution in [0.1, 0.15) is 27.7 Å². The molecule has 0 heterocycles. The fourth-order valence-electron chi connectivity index (χ4n) is 0.873. The summed E-state index contributed by atoms with van der Waals surface area (Å²) < 4.78 is 4.90. The molecule has 0 atom stereocenters. The Kier molecular flexibility index (Phi) is 4.97. The number of carbonyl (C=O) groups excluding carboxylic acids is 1. The summed E-state index contributed by atoms with van der Waals surface area (Å²) in [7, 11) is 0. The van der Waals surface area contributed by atoms with Crippen LogP contribution in [0.25, 0.3) is 0 Å². The second-order valence-electron chi connectivity index (χ2n) is 3.55. The molecule has 0 saturated carbocycles. The van der Waals surface area contributed by atoms with E-state index in [1.165, 1.54) is 4.90 Å². The van der Waals surface area contributed by atoms with Gasteiger partial charge in [0.2, 0.25) is 0 Å². The third-order valence-electron chi connectivity index (χ3n) is 1.50. The summed E-state index contributed by atoms with van der Waals surface area (Å²) in [5, 5.41) is 8.57. The van der Waals surface area contributed by atoms with Crippen molar-refractivity contribution in [1.82, 2.24) is 4.90 Å². The predicted octanol–water partition coefficient (Wildman–Crippen LogP) is 1.33. The smallest absolute Gasteiger partial charge is 0.410 e. The van der Waals surface area contributed by atoms with E-state index < -0.39 is 12.1 Å². The number of rotatable bonds is 4. The van der Waals surface area contributed by atoms with Crippen LogP contribution in [-0.4, -0.2) is 40.8 Å². The number of hydrogen-bond acceptors (Lipinski definition) is 3. The van der Waals surface area contributed by atoms with E-state index in [-0.39, 0.29) is 18.7 Å². The van der Waals surface area contributed by atoms with Gasteiger partial charge < -0.3 is 9.84 Å². The summed E-state index contributed by atoms with van der Waals surface area (Å²) in [5.41, 5.74) is 0. The van der Waals surface area contributed by atoms with Crippen LogP contribution in [0.3, 0.4) is 0 Å². The maximum Gasteiger partial charge on any atom is 0.410 e. The first-order valence-corrected chi connectivity index (χ1v) is 4.53. The highest BCUT2D eigenvalue weighted by Crippen LogP contribution is 2.03. The summed E-state index contributed by atoms with van der Waals surface area (Å²) in [6.07, 6.45) is -0.824. The van der Waals surface area contributed by atoms with Gasteiger partial charge >= 0.3 is 12.1 Å². The monoisotopic (exact) mass is 203 g/mol. The van der Waals surface area contributed by atoms with E-state index in [0.29, 0.717) is 0 Å². The first-order valence-electron chi connectivity index (χ1n) is 4.53. The normalized spacial score (nSPS) is 10.4. The van der Waals surface area contributed by atoms with Crippen molar-refractivity contribution < 1.29 is 19.4 Å². The number of carbonyl (C=O) groups is 2.